The predicted molar refractivity (Wildman–Crippen MR) is 79.0 cm³/mol. The van der Waals surface area contributed by atoms with Crippen molar-refractivity contribution >= 4 is 15.7 Å². The lowest BCUT2D eigenvalue weighted by Crippen LogP contribution is -2.25. The molecule has 0 saturated carbocycles. The molecule has 108 valence electrons. The first kappa shape index (κ1) is 15.9. The molecule has 2 N–H and O–H groups in total. The number of hydrogen-bond acceptors (Lipinski definition) is 4. The van der Waals surface area contributed by atoms with Crippen molar-refractivity contribution in [1.29, 1.82) is 0 Å². The summed E-state index contributed by atoms with van der Waals surface area (Å²) in [4.78, 5) is 2.50. The van der Waals surface area contributed by atoms with Crippen LogP contribution in [0, 0.1) is 0 Å². The Morgan fingerprint density at radius 3 is 2.32 bits per heavy atom. The first-order valence-electron chi connectivity index (χ1n) is 6.51. The monoisotopic (exact) mass is 285 g/mol. The van der Waals surface area contributed by atoms with E-state index in [0.29, 0.717) is 11.4 Å². The van der Waals surface area contributed by atoms with E-state index in [1.807, 2.05) is 0 Å². The first-order chi connectivity index (χ1) is 8.99. The molecule has 1 rings (SSSR count). The SMILES string of the molecule is CCNS(=O)(=O)c1ccc(NCCN(C)CC)cc1. The fourth-order valence-electron chi connectivity index (χ4n) is 1.57. The molecule has 0 saturated heterocycles. The Morgan fingerprint density at radius 2 is 1.79 bits per heavy atom. The normalized spacial score (nSPS) is 11.8. The van der Waals surface area contributed by atoms with E-state index in [4.69, 9.17) is 0 Å². The second-order valence-electron chi connectivity index (χ2n) is 4.35. The highest BCUT2D eigenvalue weighted by atomic mass is 32.2. The molecule has 0 aliphatic carbocycles. The van der Waals surface area contributed by atoms with Crippen LogP contribution in [0.5, 0.6) is 0 Å². The third-order valence-electron chi connectivity index (χ3n) is 2.86. The van der Waals surface area contributed by atoms with Crippen molar-refractivity contribution in [3.05, 3.63) is 24.3 Å². The van der Waals surface area contributed by atoms with Crippen LogP contribution in [0.15, 0.2) is 29.2 Å². The van der Waals surface area contributed by atoms with E-state index in [2.05, 4.69) is 28.9 Å². The van der Waals surface area contributed by atoms with Crippen molar-refractivity contribution in [2.24, 2.45) is 0 Å². The Balaban J connectivity index is 2.57. The summed E-state index contributed by atoms with van der Waals surface area (Å²) in [6, 6.07) is 6.81. The van der Waals surface area contributed by atoms with Gasteiger partial charge in [-0.05, 0) is 37.9 Å². The molecule has 5 nitrogen and oxygen atoms in total. The summed E-state index contributed by atoms with van der Waals surface area (Å²) in [5, 5.41) is 3.26. The van der Waals surface area contributed by atoms with Crippen LogP contribution in [0.1, 0.15) is 13.8 Å². The molecule has 0 amide bonds. The number of nitrogens with one attached hydrogen (secondary N) is 2. The van der Waals surface area contributed by atoms with Gasteiger partial charge in [-0.1, -0.05) is 13.8 Å². The molecule has 1 aromatic carbocycles. The van der Waals surface area contributed by atoms with Crippen molar-refractivity contribution in [2.75, 3.05) is 38.5 Å². The molecular formula is C13H23N3O2S. The molecule has 0 atom stereocenters. The molecular weight excluding hydrogens is 262 g/mol. The van der Waals surface area contributed by atoms with Crippen molar-refractivity contribution < 1.29 is 8.42 Å². The summed E-state index contributed by atoms with van der Waals surface area (Å²) < 4.78 is 26.0. The van der Waals surface area contributed by atoms with Crippen LogP contribution in [0.4, 0.5) is 5.69 Å². The lowest BCUT2D eigenvalue weighted by atomic mass is 10.3. The maximum atomic E-state index is 11.7. The van der Waals surface area contributed by atoms with Gasteiger partial charge in [-0.3, -0.25) is 0 Å². The Bertz CT molecular complexity index is 471. The maximum Gasteiger partial charge on any atom is 0.240 e. The highest BCUT2D eigenvalue weighted by Crippen LogP contribution is 2.13. The van der Waals surface area contributed by atoms with Gasteiger partial charge in [0, 0.05) is 25.3 Å². The molecule has 0 fully saturated rings. The number of benzene rings is 1. The second-order valence-corrected chi connectivity index (χ2v) is 6.12. The van der Waals surface area contributed by atoms with Crippen LogP contribution < -0.4 is 10.0 Å². The van der Waals surface area contributed by atoms with Crippen molar-refractivity contribution in [3.8, 4) is 0 Å². The second kappa shape index (κ2) is 7.47. The van der Waals surface area contributed by atoms with Gasteiger partial charge in [0.05, 0.1) is 4.90 Å². The highest BCUT2D eigenvalue weighted by molar-refractivity contribution is 7.89. The zero-order valence-electron chi connectivity index (χ0n) is 11.8. The third kappa shape index (κ3) is 5.18. The Hall–Kier alpha value is -1.11. The van der Waals surface area contributed by atoms with E-state index < -0.39 is 10.0 Å². The Kier molecular flexibility index (Phi) is 6.27. The van der Waals surface area contributed by atoms with Gasteiger partial charge in [0.15, 0.2) is 0 Å². The topological polar surface area (TPSA) is 61.4 Å². The first-order valence-corrected chi connectivity index (χ1v) is 8.00. The van der Waals surface area contributed by atoms with E-state index in [1.54, 1.807) is 31.2 Å². The highest BCUT2D eigenvalue weighted by Gasteiger charge is 2.11. The van der Waals surface area contributed by atoms with Gasteiger partial charge in [0.2, 0.25) is 10.0 Å². The van der Waals surface area contributed by atoms with Gasteiger partial charge in [0.1, 0.15) is 0 Å². The predicted octanol–water partition coefficient (Wildman–Crippen LogP) is 1.35. The molecule has 0 heterocycles. The number of likely N-dealkylation sites (N-methyl/N-ethyl adjacent to an activating group) is 1. The minimum atomic E-state index is -3.35. The molecule has 0 spiro atoms. The smallest absolute Gasteiger partial charge is 0.240 e. The van der Waals surface area contributed by atoms with E-state index in [1.165, 1.54) is 0 Å². The van der Waals surface area contributed by atoms with Crippen LogP contribution in [-0.4, -0.2) is 46.5 Å². The summed E-state index contributed by atoms with van der Waals surface area (Å²) in [5.74, 6) is 0. The average Bonchev–Trinajstić information content (AvgIpc) is 2.39. The molecule has 1 aromatic rings. The zero-order valence-corrected chi connectivity index (χ0v) is 12.6. The van der Waals surface area contributed by atoms with Crippen molar-refractivity contribution in [1.82, 2.24) is 9.62 Å². The number of hydrogen-bond donors (Lipinski definition) is 2. The number of rotatable bonds is 8. The van der Waals surface area contributed by atoms with Crippen molar-refractivity contribution in [3.63, 3.8) is 0 Å². The van der Waals surface area contributed by atoms with Gasteiger partial charge >= 0.3 is 0 Å². The number of anilines is 1. The standard InChI is InChI=1S/C13H23N3O2S/c1-4-15-19(17,18)13-8-6-12(7-9-13)14-10-11-16(3)5-2/h6-9,14-15H,4-5,10-11H2,1-3H3. The quantitative estimate of drug-likeness (QED) is 0.757. The Labute approximate surface area is 116 Å². The molecule has 0 aromatic heterocycles. The van der Waals surface area contributed by atoms with E-state index >= 15 is 0 Å². The van der Waals surface area contributed by atoms with Gasteiger partial charge < -0.3 is 10.2 Å². The summed E-state index contributed by atoms with van der Waals surface area (Å²) in [6.07, 6.45) is 0. The fraction of sp³-hybridized carbons (Fsp3) is 0.538. The van der Waals surface area contributed by atoms with Crippen LogP contribution >= 0.6 is 0 Å². The van der Waals surface area contributed by atoms with Gasteiger partial charge in [-0.25, -0.2) is 13.1 Å². The summed E-state index contributed by atoms with van der Waals surface area (Å²) in [7, 11) is -1.29. The van der Waals surface area contributed by atoms with E-state index in [0.717, 1.165) is 25.3 Å². The van der Waals surface area contributed by atoms with E-state index in [9.17, 15) is 8.42 Å². The van der Waals surface area contributed by atoms with Gasteiger partial charge in [0.25, 0.3) is 0 Å². The molecule has 6 heteroatoms. The maximum absolute atomic E-state index is 11.7. The zero-order chi connectivity index (χ0) is 14.3. The molecule has 0 aliphatic rings. The van der Waals surface area contributed by atoms with E-state index in [-0.39, 0.29) is 0 Å². The third-order valence-corrected chi connectivity index (χ3v) is 4.42. The lowest BCUT2D eigenvalue weighted by Gasteiger charge is -2.14. The number of nitrogens with zero attached hydrogens (tertiary/aromatic N) is 1. The minimum Gasteiger partial charge on any atom is -0.384 e. The fourth-order valence-corrected chi connectivity index (χ4v) is 2.62. The Morgan fingerprint density at radius 1 is 1.16 bits per heavy atom. The minimum absolute atomic E-state index is 0.297. The molecule has 19 heavy (non-hydrogen) atoms. The molecule has 0 aliphatic heterocycles. The van der Waals surface area contributed by atoms with Crippen LogP contribution in [0.3, 0.4) is 0 Å². The lowest BCUT2D eigenvalue weighted by molar-refractivity contribution is 0.367. The average molecular weight is 285 g/mol. The molecule has 0 unspecified atom stereocenters. The van der Waals surface area contributed by atoms with Crippen molar-refractivity contribution in [2.45, 2.75) is 18.7 Å². The van der Waals surface area contributed by atoms with Crippen LogP contribution in [0.2, 0.25) is 0 Å². The van der Waals surface area contributed by atoms with Gasteiger partial charge in [-0.2, -0.15) is 0 Å². The van der Waals surface area contributed by atoms with Crippen LogP contribution in [0.25, 0.3) is 0 Å². The van der Waals surface area contributed by atoms with Crippen LogP contribution in [-0.2, 0) is 10.0 Å². The largest absolute Gasteiger partial charge is 0.384 e. The summed E-state index contributed by atoms with van der Waals surface area (Å²) in [6.45, 7) is 7.07. The number of sulfonamides is 1. The molecule has 0 bridgehead atoms. The summed E-state index contributed by atoms with van der Waals surface area (Å²) in [5.41, 5.74) is 0.931. The molecule has 0 radical (unpaired) electrons. The summed E-state index contributed by atoms with van der Waals surface area (Å²) >= 11 is 0. The van der Waals surface area contributed by atoms with Gasteiger partial charge in [-0.15, -0.1) is 0 Å².